The van der Waals surface area contributed by atoms with Gasteiger partial charge in [0.15, 0.2) is 12.6 Å². The SMILES string of the molecule is CCNC(=NCc1ccn(C)c1)NCCCN1C(=O)COc2ccccc21.I. The van der Waals surface area contributed by atoms with E-state index in [-0.39, 0.29) is 36.5 Å². The number of aromatic nitrogens is 1. The summed E-state index contributed by atoms with van der Waals surface area (Å²) in [7, 11) is 2.00. The number of benzene rings is 1. The Bertz CT molecular complexity index is 805. The maximum absolute atomic E-state index is 12.2. The average molecular weight is 497 g/mol. The molecule has 28 heavy (non-hydrogen) atoms. The molecule has 0 aliphatic carbocycles. The molecule has 0 radical (unpaired) electrons. The number of carbonyl (C=O) groups excluding carboxylic acids is 1. The van der Waals surface area contributed by atoms with Crippen molar-refractivity contribution >= 4 is 41.5 Å². The monoisotopic (exact) mass is 497 g/mol. The van der Waals surface area contributed by atoms with Crippen LogP contribution in [0.2, 0.25) is 0 Å². The smallest absolute Gasteiger partial charge is 0.265 e. The second kappa shape index (κ2) is 10.9. The molecule has 2 N–H and O–H groups in total. The third kappa shape index (κ3) is 5.88. The molecule has 0 unspecified atom stereocenters. The number of halogens is 1. The van der Waals surface area contributed by atoms with Gasteiger partial charge in [-0.2, -0.15) is 0 Å². The Morgan fingerprint density at radius 1 is 1.25 bits per heavy atom. The van der Waals surface area contributed by atoms with E-state index >= 15 is 0 Å². The predicted molar refractivity (Wildman–Crippen MR) is 123 cm³/mol. The van der Waals surface area contributed by atoms with Crippen LogP contribution in [0, 0.1) is 0 Å². The van der Waals surface area contributed by atoms with Crippen LogP contribution < -0.4 is 20.3 Å². The largest absolute Gasteiger partial charge is 0.482 e. The number of nitrogens with one attached hydrogen (secondary N) is 2. The minimum atomic E-state index is -0.00153. The second-order valence-corrected chi connectivity index (χ2v) is 6.46. The Balaban J connectivity index is 0.00000280. The second-order valence-electron chi connectivity index (χ2n) is 6.46. The van der Waals surface area contributed by atoms with Gasteiger partial charge in [-0.05, 0) is 37.1 Å². The van der Waals surface area contributed by atoms with E-state index in [1.165, 1.54) is 5.56 Å². The molecule has 3 rings (SSSR count). The van der Waals surface area contributed by atoms with E-state index < -0.39 is 0 Å². The standard InChI is InChI=1S/C20H27N5O2.HI/c1-3-21-20(23-13-16-9-12-24(2)14-16)22-10-6-11-25-17-7-4-5-8-18(17)27-15-19(25)26;/h4-5,7-9,12,14H,3,6,10-11,13,15H2,1-2H3,(H2,21,22,23);1H. The summed E-state index contributed by atoms with van der Waals surface area (Å²) in [6.45, 7) is 4.95. The van der Waals surface area contributed by atoms with Crippen LogP contribution in [0.25, 0.3) is 0 Å². The first-order valence-corrected chi connectivity index (χ1v) is 9.32. The predicted octanol–water partition coefficient (Wildman–Crippen LogP) is 2.51. The topological polar surface area (TPSA) is 70.9 Å². The molecule has 2 heterocycles. The lowest BCUT2D eigenvalue weighted by Gasteiger charge is -2.29. The molecule has 0 saturated heterocycles. The van der Waals surface area contributed by atoms with Gasteiger partial charge in [0, 0.05) is 39.1 Å². The van der Waals surface area contributed by atoms with Gasteiger partial charge in [0.05, 0.1) is 12.2 Å². The molecule has 1 aromatic carbocycles. The van der Waals surface area contributed by atoms with Crippen LogP contribution >= 0.6 is 24.0 Å². The number of rotatable bonds is 7. The van der Waals surface area contributed by atoms with Gasteiger partial charge in [0.25, 0.3) is 5.91 Å². The number of nitrogens with zero attached hydrogens (tertiary/aromatic N) is 3. The van der Waals surface area contributed by atoms with E-state index in [0.29, 0.717) is 13.1 Å². The Kier molecular flexibility index (Phi) is 8.62. The number of hydrogen-bond donors (Lipinski definition) is 2. The van der Waals surface area contributed by atoms with Gasteiger partial charge in [0.1, 0.15) is 5.75 Å². The Morgan fingerprint density at radius 3 is 2.82 bits per heavy atom. The van der Waals surface area contributed by atoms with Crippen LogP contribution in [0.5, 0.6) is 5.75 Å². The number of hydrogen-bond acceptors (Lipinski definition) is 3. The number of anilines is 1. The summed E-state index contributed by atoms with van der Waals surface area (Å²) in [6, 6.07) is 9.72. The third-order valence-corrected chi connectivity index (χ3v) is 4.32. The first-order chi connectivity index (χ1) is 13.2. The summed E-state index contributed by atoms with van der Waals surface area (Å²) in [5.41, 5.74) is 2.02. The summed E-state index contributed by atoms with van der Waals surface area (Å²) < 4.78 is 7.50. The summed E-state index contributed by atoms with van der Waals surface area (Å²) in [4.78, 5) is 18.6. The fourth-order valence-electron chi connectivity index (χ4n) is 3.01. The average Bonchev–Trinajstić information content (AvgIpc) is 3.09. The molecule has 1 amide bonds. The number of aliphatic imine (C=N–C) groups is 1. The van der Waals surface area contributed by atoms with Crippen molar-refractivity contribution in [1.82, 2.24) is 15.2 Å². The maximum Gasteiger partial charge on any atom is 0.265 e. The van der Waals surface area contributed by atoms with Crippen LogP contribution in [0.15, 0.2) is 47.7 Å². The Labute approximate surface area is 183 Å². The van der Waals surface area contributed by atoms with Gasteiger partial charge >= 0.3 is 0 Å². The molecule has 0 bridgehead atoms. The fourth-order valence-corrected chi connectivity index (χ4v) is 3.01. The zero-order valence-corrected chi connectivity index (χ0v) is 18.7. The zero-order valence-electron chi connectivity index (χ0n) is 16.4. The van der Waals surface area contributed by atoms with E-state index in [1.807, 2.05) is 49.0 Å². The molecule has 152 valence electrons. The summed E-state index contributed by atoms with van der Waals surface area (Å²) in [5.74, 6) is 1.55. The van der Waals surface area contributed by atoms with Crippen LogP contribution in [0.4, 0.5) is 5.69 Å². The maximum atomic E-state index is 12.2. The molecule has 2 aromatic rings. The van der Waals surface area contributed by atoms with Crippen molar-refractivity contribution in [2.75, 3.05) is 31.1 Å². The third-order valence-electron chi connectivity index (χ3n) is 4.32. The molecule has 1 aromatic heterocycles. The minimum absolute atomic E-state index is 0. The van der Waals surface area contributed by atoms with Crippen LogP contribution in [0.3, 0.4) is 0 Å². The number of para-hydroxylation sites is 2. The van der Waals surface area contributed by atoms with Gasteiger partial charge in [-0.3, -0.25) is 4.79 Å². The number of carbonyl (C=O) groups is 1. The highest BCUT2D eigenvalue weighted by molar-refractivity contribution is 14.0. The number of amides is 1. The molecule has 7 nitrogen and oxygen atoms in total. The van der Waals surface area contributed by atoms with Crippen LogP contribution in [-0.2, 0) is 18.4 Å². The highest BCUT2D eigenvalue weighted by Gasteiger charge is 2.24. The van der Waals surface area contributed by atoms with Crippen molar-refractivity contribution in [3.63, 3.8) is 0 Å². The van der Waals surface area contributed by atoms with E-state index in [4.69, 9.17) is 4.74 Å². The minimum Gasteiger partial charge on any atom is -0.482 e. The van der Waals surface area contributed by atoms with Gasteiger partial charge in [0.2, 0.25) is 0 Å². The van der Waals surface area contributed by atoms with E-state index in [1.54, 1.807) is 4.90 Å². The first kappa shape index (κ1) is 22.1. The lowest BCUT2D eigenvalue weighted by Crippen LogP contribution is -2.42. The summed E-state index contributed by atoms with van der Waals surface area (Å²) >= 11 is 0. The highest BCUT2D eigenvalue weighted by atomic mass is 127. The highest BCUT2D eigenvalue weighted by Crippen LogP contribution is 2.31. The van der Waals surface area contributed by atoms with E-state index in [0.717, 1.165) is 36.9 Å². The van der Waals surface area contributed by atoms with Crippen molar-refractivity contribution in [1.29, 1.82) is 0 Å². The number of aryl methyl sites for hydroxylation is 1. The molecule has 0 spiro atoms. The van der Waals surface area contributed by atoms with Crippen molar-refractivity contribution < 1.29 is 9.53 Å². The molecule has 1 aliphatic heterocycles. The van der Waals surface area contributed by atoms with Gasteiger partial charge < -0.3 is 24.8 Å². The van der Waals surface area contributed by atoms with E-state index in [9.17, 15) is 4.79 Å². The van der Waals surface area contributed by atoms with Crippen molar-refractivity contribution in [3.05, 3.63) is 48.3 Å². The van der Waals surface area contributed by atoms with Crippen molar-refractivity contribution in [3.8, 4) is 5.75 Å². The molecule has 8 heteroatoms. The quantitative estimate of drug-likeness (QED) is 0.267. The van der Waals surface area contributed by atoms with Gasteiger partial charge in [-0.1, -0.05) is 12.1 Å². The Morgan fingerprint density at radius 2 is 2.07 bits per heavy atom. The van der Waals surface area contributed by atoms with Crippen molar-refractivity contribution in [2.24, 2.45) is 12.0 Å². The number of fused-ring (bicyclic) bond motifs is 1. The first-order valence-electron chi connectivity index (χ1n) is 9.32. The molecule has 1 aliphatic rings. The molecular weight excluding hydrogens is 469 g/mol. The summed E-state index contributed by atoms with van der Waals surface area (Å²) in [6.07, 6.45) is 4.90. The molecule has 0 saturated carbocycles. The lowest BCUT2D eigenvalue weighted by atomic mass is 10.2. The van der Waals surface area contributed by atoms with Gasteiger partial charge in [-0.25, -0.2) is 4.99 Å². The number of guanidine groups is 1. The fraction of sp³-hybridized carbons (Fsp3) is 0.400. The summed E-state index contributed by atoms with van der Waals surface area (Å²) in [5, 5.41) is 6.59. The van der Waals surface area contributed by atoms with E-state index in [2.05, 4.69) is 27.9 Å². The van der Waals surface area contributed by atoms with Crippen LogP contribution in [-0.4, -0.2) is 42.7 Å². The normalized spacial score (nSPS) is 13.4. The van der Waals surface area contributed by atoms with Crippen molar-refractivity contribution in [2.45, 2.75) is 19.9 Å². The Hall–Kier alpha value is -2.23. The zero-order chi connectivity index (χ0) is 19.1. The number of ether oxygens (including phenoxy) is 1. The molecule has 0 fully saturated rings. The van der Waals surface area contributed by atoms with Crippen LogP contribution in [0.1, 0.15) is 18.9 Å². The molecule has 0 atom stereocenters. The molecular formula is C20H28IN5O2. The lowest BCUT2D eigenvalue weighted by molar-refractivity contribution is -0.121. The van der Waals surface area contributed by atoms with Gasteiger partial charge in [-0.15, -0.1) is 24.0 Å².